The van der Waals surface area contributed by atoms with Gasteiger partial charge >= 0.3 is 0 Å². The van der Waals surface area contributed by atoms with Gasteiger partial charge in [-0.15, -0.1) is 24.0 Å². The second kappa shape index (κ2) is 11.4. The Morgan fingerprint density at radius 3 is 2.33 bits per heavy atom. The summed E-state index contributed by atoms with van der Waals surface area (Å²) in [6.45, 7) is 1.42. The minimum Gasteiger partial charge on any atom is -0.396 e. The molecule has 0 aliphatic carbocycles. The van der Waals surface area contributed by atoms with Gasteiger partial charge in [-0.3, -0.25) is 4.99 Å². The number of aliphatic hydroxyl groups excluding tert-OH is 1. The van der Waals surface area contributed by atoms with Crippen LogP contribution in [-0.4, -0.2) is 31.3 Å². The zero-order chi connectivity index (χ0) is 16.5. The monoisotopic (exact) mass is 503 g/mol. The van der Waals surface area contributed by atoms with Crippen LogP contribution in [0.3, 0.4) is 0 Å². The lowest BCUT2D eigenvalue weighted by molar-refractivity contribution is 0.265. The van der Waals surface area contributed by atoms with Gasteiger partial charge in [0.05, 0.1) is 6.61 Å². The largest absolute Gasteiger partial charge is 0.396 e. The molecule has 130 valence electrons. The quantitative estimate of drug-likeness (QED) is 0.321. The molecule has 0 bridgehead atoms. The smallest absolute Gasteiger partial charge is 0.191 e. The minimum atomic E-state index is 0. The van der Waals surface area contributed by atoms with Gasteiger partial charge in [-0.2, -0.15) is 0 Å². The maximum Gasteiger partial charge on any atom is 0.191 e. The molecular weight excluding hydrogens is 481 g/mol. The summed E-state index contributed by atoms with van der Waals surface area (Å²) in [7, 11) is 1.74. The summed E-state index contributed by atoms with van der Waals surface area (Å²) >= 11 is 3.43. The van der Waals surface area contributed by atoms with E-state index >= 15 is 0 Å². The van der Waals surface area contributed by atoms with Gasteiger partial charge < -0.3 is 15.7 Å². The highest BCUT2D eigenvalue weighted by molar-refractivity contribution is 14.0. The molecule has 0 radical (unpaired) electrons. The topological polar surface area (TPSA) is 56.7 Å². The molecule has 2 aromatic rings. The van der Waals surface area contributed by atoms with Crippen molar-refractivity contribution in [2.75, 3.05) is 20.2 Å². The first-order valence-electron chi connectivity index (χ1n) is 7.57. The van der Waals surface area contributed by atoms with E-state index in [1.807, 2.05) is 42.5 Å². The number of aliphatic hydroxyl groups is 1. The summed E-state index contributed by atoms with van der Waals surface area (Å²) in [6, 6.07) is 18.2. The Hall–Kier alpha value is -1.12. The summed E-state index contributed by atoms with van der Waals surface area (Å²) in [5.74, 6) is 0.768. The van der Waals surface area contributed by atoms with Crippen LogP contribution in [0.1, 0.15) is 17.0 Å². The van der Waals surface area contributed by atoms with Crippen LogP contribution in [0, 0.1) is 0 Å². The SMILES string of the molecule is CN=C(NCc1ccc(Br)cc1)NCC(CO)c1ccccc1.I. The number of hydrogen-bond acceptors (Lipinski definition) is 2. The maximum atomic E-state index is 9.59. The third-order valence-electron chi connectivity index (χ3n) is 3.60. The molecule has 0 aromatic heterocycles. The van der Waals surface area contributed by atoms with Crippen molar-refractivity contribution in [3.05, 3.63) is 70.2 Å². The van der Waals surface area contributed by atoms with Crippen molar-refractivity contribution in [3.8, 4) is 0 Å². The predicted molar refractivity (Wildman–Crippen MR) is 114 cm³/mol. The molecule has 0 spiro atoms. The summed E-state index contributed by atoms with van der Waals surface area (Å²) in [5.41, 5.74) is 2.30. The van der Waals surface area contributed by atoms with Gasteiger partial charge in [-0.1, -0.05) is 58.4 Å². The highest BCUT2D eigenvalue weighted by Gasteiger charge is 2.10. The highest BCUT2D eigenvalue weighted by atomic mass is 127. The zero-order valence-electron chi connectivity index (χ0n) is 13.6. The Morgan fingerprint density at radius 2 is 1.75 bits per heavy atom. The number of aliphatic imine (C=N–C) groups is 1. The predicted octanol–water partition coefficient (Wildman–Crippen LogP) is 3.51. The van der Waals surface area contributed by atoms with E-state index in [2.05, 4.69) is 43.7 Å². The molecule has 0 saturated carbocycles. The molecule has 0 aliphatic rings. The molecule has 0 heterocycles. The van der Waals surface area contributed by atoms with Crippen LogP contribution in [0.4, 0.5) is 0 Å². The normalized spacial score (nSPS) is 12.2. The third-order valence-corrected chi connectivity index (χ3v) is 4.13. The second-order valence-electron chi connectivity index (χ2n) is 5.22. The number of nitrogens with zero attached hydrogens (tertiary/aromatic N) is 1. The van der Waals surface area contributed by atoms with E-state index in [0.717, 1.165) is 16.0 Å². The first kappa shape index (κ1) is 20.9. The molecule has 3 N–H and O–H groups in total. The van der Waals surface area contributed by atoms with Gasteiger partial charge in [0.2, 0.25) is 0 Å². The number of benzene rings is 2. The Morgan fingerprint density at radius 1 is 1.08 bits per heavy atom. The fourth-order valence-electron chi connectivity index (χ4n) is 2.24. The number of rotatable bonds is 6. The zero-order valence-corrected chi connectivity index (χ0v) is 17.5. The summed E-state index contributed by atoms with van der Waals surface area (Å²) < 4.78 is 1.07. The van der Waals surface area contributed by atoms with Gasteiger partial charge in [-0.25, -0.2) is 0 Å². The fraction of sp³-hybridized carbons (Fsp3) is 0.278. The van der Waals surface area contributed by atoms with E-state index in [1.165, 1.54) is 5.56 Å². The Labute approximate surface area is 168 Å². The lowest BCUT2D eigenvalue weighted by Crippen LogP contribution is -2.39. The van der Waals surface area contributed by atoms with Crippen LogP contribution >= 0.6 is 39.9 Å². The molecule has 0 saturated heterocycles. The van der Waals surface area contributed by atoms with E-state index in [9.17, 15) is 5.11 Å². The molecule has 1 atom stereocenters. The Balaban J connectivity index is 0.00000288. The summed E-state index contributed by atoms with van der Waals surface area (Å²) in [4.78, 5) is 4.22. The van der Waals surface area contributed by atoms with Gasteiger partial charge in [0.15, 0.2) is 5.96 Å². The number of hydrogen-bond donors (Lipinski definition) is 3. The molecule has 2 rings (SSSR count). The lowest BCUT2D eigenvalue weighted by Gasteiger charge is -2.18. The van der Waals surface area contributed by atoms with Crippen molar-refractivity contribution in [3.63, 3.8) is 0 Å². The lowest BCUT2D eigenvalue weighted by atomic mass is 10.0. The fourth-order valence-corrected chi connectivity index (χ4v) is 2.51. The van der Waals surface area contributed by atoms with Crippen LogP contribution in [0.2, 0.25) is 0 Å². The average molecular weight is 504 g/mol. The average Bonchev–Trinajstić information content (AvgIpc) is 2.60. The minimum absolute atomic E-state index is 0. The van der Waals surface area contributed by atoms with Crippen molar-refractivity contribution in [2.45, 2.75) is 12.5 Å². The van der Waals surface area contributed by atoms with Crippen molar-refractivity contribution < 1.29 is 5.11 Å². The first-order valence-corrected chi connectivity index (χ1v) is 8.37. The number of guanidine groups is 1. The first-order chi connectivity index (χ1) is 11.2. The number of halogens is 2. The Kier molecular flexibility index (Phi) is 9.97. The van der Waals surface area contributed by atoms with Gasteiger partial charge in [0.25, 0.3) is 0 Å². The molecule has 6 heteroatoms. The van der Waals surface area contributed by atoms with Crippen LogP contribution in [0.15, 0.2) is 64.1 Å². The van der Waals surface area contributed by atoms with Crippen molar-refractivity contribution in [2.24, 2.45) is 4.99 Å². The highest BCUT2D eigenvalue weighted by Crippen LogP contribution is 2.13. The van der Waals surface area contributed by atoms with Crippen molar-refractivity contribution >= 4 is 45.9 Å². The van der Waals surface area contributed by atoms with Crippen LogP contribution in [0.25, 0.3) is 0 Å². The van der Waals surface area contributed by atoms with Gasteiger partial charge in [0, 0.05) is 30.5 Å². The summed E-state index contributed by atoms with van der Waals surface area (Å²) in [5, 5.41) is 16.1. The molecule has 0 amide bonds. The molecule has 4 nitrogen and oxygen atoms in total. The van der Waals surface area contributed by atoms with Gasteiger partial charge in [-0.05, 0) is 23.3 Å². The Bertz CT molecular complexity index is 620. The van der Waals surface area contributed by atoms with Crippen LogP contribution in [-0.2, 0) is 6.54 Å². The van der Waals surface area contributed by atoms with E-state index in [1.54, 1.807) is 7.05 Å². The van der Waals surface area contributed by atoms with Gasteiger partial charge in [0.1, 0.15) is 0 Å². The second-order valence-corrected chi connectivity index (χ2v) is 6.14. The van der Waals surface area contributed by atoms with Crippen molar-refractivity contribution in [1.29, 1.82) is 0 Å². The molecule has 24 heavy (non-hydrogen) atoms. The molecule has 0 fully saturated rings. The van der Waals surface area contributed by atoms with E-state index < -0.39 is 0 Å². The standard InChI is InChI=1S/C18H22BrN3O.HI/c1-20-18(21-11-14-7-9-17(19)10-8-14)22-12-16(13-23)15-5-3-2-4-6-15;/h2-10,16,23H,11-13H2,1H3,(H2,20,21,22);1H. The van der Waals surface area contributed by atoms with E-state index in [0.29, 0.717) is 13.1 Å². The molecule has 1 unspecified atom stereocenters. The summed E-state index contributed by atoms with van der Waals surface area (Å²) in [6.07, 6.45) is 0. The van der Waals surface area contributed by atoms with E-state index in [4.69, 9.17) is 0 Å². The van der Waals surface area contributed by atoms with Crippen LogP contribution in [0.5, 0.6) is 0 Å². The van der Waals surface area contributed by atoms with Crippen molar-refractivity contribution in [1.82, 2.24) is 10.6 Å². The molecular formula is C18H23BrIN3O. The molecule has 2 aromatic carbocycles. The maximum absolute atomic E-state index is 9.59. The van der Waals surface area contributed by atoms with Crippen LogP contribution < -0.4 is 10.6 Å². The van der Waals surface area contributed by atoms with E-state index in [-0.39, 0.29) is 36.5 Å². The number of nitrogens with one attached hydrogen (secondary N) is 2. The molecule has 0 aliphatic heterocycles. The third kappa shape index (κ3) is 6.78.